The van der Waals surface area contributed by atoms with E-state index < -0.39 is 5.67 Å². The molecule has 0 radical (unpaired) electrons. The Morgan fingerprint density at radius 3 is 3.06 bits per heavy atom. The Labute approximate surface area is 102 Å². The zero-order valence-corrected chi connectivity index (χ0v) is 10.2. The number of rotatable bonds is 3. The second kappa shape index (κ2) is 5.00. The van der Waals surface area contributed by atoms with Crippen molar-refractivity contribution < 1.29 is 4.39 Å². The first-order valence-electron chi connectivity index (χ1n) is 6.22. The van der Waals surface area contributed by atoms with Crippen molar-refractivity contribution in [3.05, 3.63) is 24.0 Å². The van der Waals surface area contributed by atoms with Crippen LogP contribution in [0.5, 0.6) is 0 Å². The Balaban J connectivity index is 2.10. The highest BCUT2D eigenvalue weighted by atomic mass is 19.1. The molecule has 1 fully saturated rings. The lowest BCUT2D eigenvalue weighted by Crippen LogP contribution is -2.38. The van der Waals surface area contributed by atoms with Crippen LogP contribution < -0.4 is 11.1 Å². The predicted octanol–water partition coefficient (Wildman–Crippen LogP) is 2.38. The Morgan fingerprint density at radius 2 is 2.41 bits per heavy atom. The van der Waals surface area contributed by atoms with Crippen LogP contribution in [0.4, 0.5) is 10.1 Å². The lowest BCUT2D eigenvalue weighted by molar-refractivity contribution is 0.146. The number of nitrogens with zero attached hydrogens (tertiary/aromatic N) is 1. The summed E-state index contributed by atoms with van der Waals surface area (Å²) in [6.45, 7) is 2.58. The lowest BCUT2D eigenvalue weighted by atomic mass is 9.88. The smallest absolute Gasteiger partial charge is 0.138 e. The predicted molar refractivity (Wildman–Crippen MR) is 67.4 cm³/mol. The molecule has 1 aliphatic rings. The lowest BCUT2D eigenvalue weighted by Gasteiger charge is -2.30. The van der Waals surface area contributed by atoms with Crippen molar-refractivity contribution in [3.63, 3.8) is 0 Å². The molecular formula is C13H20FN3. The van der Waals surface area contributed by atoms with Gasteiger partial charge >= 0.3 is 0 Å². The third-order valence-corrected chi connectivity index (χ3v) is 3.46. The van der Waals surface area contributed by atoms with Crippen molar-refractivity contribution in [3.8, 4) is 0 Å². The van der Waals surface area contributed by atoms with Crippen LogP contribution >= 0.6 is 0 Å². The molecule has 94 valence electrons. The molecule has 17 heavy (non-hydrogen) atoms. The van der Waals surface area contributed by atoms with E-state index in [0.717, 1.165) is 13.0 Å². The number of hydrogen-bond acceptors (Lipinski definition) is 3. The molecule has 0 aliphatic carbocycles. The Bertz CT molecular complexity index is 373. The minimum atomic E-state index is -1.41. The highest BCUT2D eigenvalue weighted by Crippen LogP contribution is 2.35. The third kappa shape index (κ3) is 2.94. The molecule has 0 spiro atoms. The molecule has 4 heteroatoms. The molecule has 1 aliphatic heterocycles. The zero-order chi connectivity index (χ0) is 12.3. The summed E-state index contributed by atoms with van der Waals surface area (Å²) in [5.74, 6) is 0. The van der Waals surface area contributed by atoms with E-state index in [1.807, 2.05) is 0 Å². The third-order valence-electron chi connectivity index (χ3n) is 3.46. The number of anilines is 1. The highest BCUT2D eigenvalue weighted by Gasteiger charge is 2.32. The van der Waals surface area contributed by atoms with Gasteiger partial charge in [-0.3, -0.25) is 4.98 Å². The molecule has 0 aromatic carbocycles. The topological polar surface area (TPSA) is 50.9 Å². The Kier molecular flexibility index (Phi) is 3.62. The maximum Gasteiger partial charge on any atom is 0.138 e. The SMILES string of the molecule is CC(F)(CC1CCCCN1)c1cnccc1N. The summed E-state index contributed by atoms with van der Waals surface area (Å²) in [6, 6.07) is 1.90. The summed E-state index contributed by atoms with van der Waals surface area (Å²) in [5.41, 5.74) is 5.40. The van der Waals surface area contributed by atoms with Crippen LogP contribution in [0.3, 0.4) is 0 Å². The van der Waals surface area contributed by atoms with Crippen molar-refractivity contribution in [1.29, 1.82) is 0 Å². The average Bonchev–Trinajstić information content (AvgIpc) is 2.30. The largest absolute Gasteiger partial charge is 0.398 e. The summed E-state index contributed by atoms with van der Waals surface area (Å²) in [4.78, 5) is 3.96. The van der Waals surface area contributed by atoms with Crippen LogP contribution in [-0.4, -0.2) is 17.6 Å². The van der Waals surface area contributed by atoms with E-state index in [1.165, 1.54) is 19.0 Å². The first kappa shape index (κ1) is 12.3. The Morgan fingerprint density at radius 1 is 1.59 bits per heavy atom. The molecule has 0 saturated carbocycles. The second-order valence-electron chi connectivity index (χ2n) is 5.01. The molecule has 1 aromatic heterocycles. The van der Waals surface area contributed by atoms with Crippen molar-refractivity contribution in [2.24, 2.45) is 0 Å². The van der Waals surface area contributed by atoms with Crippen LogP contribution in [0.15, 0.2) is 18.5 Å². The fraction of sp³-hybridized carbons (Fsp3) is 0.615. The minimum absolute atomic E-state index is 0.248. The van der Waals surface area contributed by atoms with Gasteiger partial charge in [-0.15, -0.1) is 0 Å². The first-order valence-corrected chi connectivity index (χ1v) is 6.22. The fourth-order valence-electron chi connectivity index (χ4n) is 2.51. The van der Waals surface area contributed by atoms with Crippen LogP contribution in [-0.2, 0) is 5.67 Å². The fourth-order valence-corrected chi connectivity index (χ4v) is 2.51. The molecule has 2 rings (SSSR count). The van der Waals surface area contributed by atoms with Gasteiger partial charge in [0.05, 0.1) is 0 Å². The van der Waals surface area contributed by atoms with Crippen molar-refractivity contribution in [2.75, 3.05) is 12.3 Å². The van der Waals surface area contributed by atoms with Gasteiger partial charge < -0.3 is 11.1 Å². The number of nitrogens with one attached hydrogen (secondary N) is 1. The molecule has 0 bridgehead atoms. The number of aromatic nitrogens is 1. The standard InChI is InChI=1S/C13H20FN3/c1-13(14,8-10-4-2-3-6-17-10)11-9-16-7-5-12(11)15/h5,7,9-10,17H,2-4,6,8H2,1H3,(H2,15,16). The van der Waals surface area contributed by atoms with E-state index in [0.29, 0.717) is 17.7 Å². The molecule has 2 atom stereocenters. The molecule has 3 nitrogen and oxygen atoms in total. The zero-order valence-electron chi connectivity index (χ0n) is 10.2. The number of hydrogen-bond donors (Lipinski definition) is 2. The van der Waals surface area contributed by atoms with E-state index in [9.17, 15) is 4.39 Å². The maximum absolute atomic E-state index is 14.7. The molecule has 1 saturated heterocycles. The number of halogens is 1. The molecule has 0 amide bonds. The molecule has 3 N–H and O–H groups in total. The van der Waals surface area contributed by atoms with Gasteiger partial charge in [-0.05, 0) is 32.4 Å². The molecule has 2 heterocycles. The number of pyridine rings is 1. The van der Waals surface area contributed by atoms with Crippen molar-refractivity contribution in [2.45, 2.75) is 44.3 Å². The summed E-state index contributed by atoms with van der Waals surface area (Å²) < 4.78 is 14.7. The van der Waals surface area contributed by atoms with E-state index in [2.05, 4.69) is 10.3 Å². The highest BCUT2D eigenvalue weighted by molar-refractivity contribution is 5.47. The van der Waals surface area contributed by atoms with E-state index in [-0.39, 0.29) is 6.04 Å². The van der Waals surface area contributed by atoms with Crippen LogP contribution in [0, 0.1) is 0 Å². The maximum atomic E-state index is 14.7. The second-order valence-corrected chi connectivity index (χ2v) is 5.01. The summed E-state index contributed by atoms with van der Waals surface area (Å²) in [6.07, 6.45) is 7.00. The van der Waals surface area contributed by atoms with E-state index in [1.54, 1.807) is 19.2 Å². The van der Waals surface area contributed by atoms with Crippen molar-refractivity contribution >= 4 is 5.69 Å². The van der Waals surface area contributed by atoms with Crippen LogP contribution in [0.25, 0.3) is 0 Å². The summed E-state index contributed by atoms with van der Waals surface area (Å²) in [5, 5.41) is 3.36. The van der Waals surface area contributed by atoms with Crippen LogP contribution in [0.2, 0.25) is 0 Å². The quantitative estimate of drug-likeness (QED) is 0.848. The van der Waals surface area contributed by atoms with Gasteiger partial charge in [0.2, 0.25) is 0 Å². The summed E-state index contributed by atoms with van der Waals surface area (Å²) in [7, 11) is 0. The number of alkyl halides is 1. The van der Waals surface area contributed by atoms with Crippen LogP contribution in [0.1, 0.15) is 38.2 Å². The van der Waals surface area contributed by atoms with Gasteiger partial charge in [0.25, 0.3) is 0 Å². The molecule has 1 aromatic rings. The number of nitrogens with two attached hydrogens (primary N) is 1. The molecule has 2 unspecified atom stereocenters. The van der Waals surface area contributed by atoms with E-state index >= 15 is 0 Å². The minimum Gasteiger partial charge on any atom is -0.398 e. The monoisotopic (exact) mass is 237 g/mol. The summed E-state index contributed by atoms with van der Waals surface area (Å²) >= 11 is 0. The van der Waals surface area contributed by atoms with Gasteiger partial charge in [0.1, 0.15) is 5.67 Å². The van der Waals surface area contributed by atoms with Crippen molar-refractivity contribution in [1.82, 2.24) is 10.3 Å². The Hall–Kier alpha value is -1.16. The van der Waals surface area contributed by atoms with Gasteiger partial charge in [-0.1, -0.05) is 6.42 Å². The van der Waals surface area contributed by atoms with Gasteiger partial charge in [-0.25, -0.2) is 4.39 Å². The van der Waals surface area contributed by atoms with Gasteiger partial charge in [0.15, 0.2) is 0 Å². The van der Waals surface area contributed by atoms with E-state index in [4.69, 9.17) is 5.73 Å². The van der Waals surface area contributed by atoms with Gasteiger partial charge in [-0.2, -0.15) is 0 Å². The average molecular weight is 237 g/mol. The van der Waals surface area contributed by atoms with Gasteiger partial charge in [0, 0.05) is 36.1 Å². The number of nitrogen functional groups attached to an aromatic ring is 1. The number of piperidine rings is 1. The normalized spacial score (nSPS) is 24.2. The first-order chi connectivity index (χ1) is 8.09. The molecular weight excluding hydrogens is 217 g/mol.